The van der Waals surface area contributed by atoms with E-state index in [1.54, 1.807) is 9.80 Å². The number of nitrogens with one attached hydrogen (secondary N) is 2. The summed E-state index contributed by atoms with van der Waals surface area (Å²) < 4.78 is 5.46. The molecule has 2 aliphatic rings. The maximum atomic E-state index is 13.5. The van der Waals surface area contributed by atoms with E-state index in [4.69, 9.17) is 22.1 Å². The predicted octanol–water partition coefficient (Wildman–Crippen LogP) is 3.82. The monoisotopic (exact) mass is 501 g/mol. The summed E-state index contributed by atoms with van der Waals surface area (Å²) in [6.45, 7) is 6.98. The van der Waals surface area contributed by atoms with Crippen LogP contribution in [0.4, 0.5) is 9.59 Å². The van der Waals surface area contributed by atoms with Crippen molar-refractivity contribution in [3.8, 4) is 0 Å². The lowest BCUT2D eigenvalue weighted by atomic mass is 9.90. The molecule has 0 saturated carbocycles. The molecule has 1 atom stereocenters. The Morgan fingerprint density at radius 3 is 2.37 bits per heavy atom. The molecular weight excluding hydrogens is 470 g/mol. The van der Waals surface area contributed by atoms with Crippen molar-refractivity contribution >= 4 is 29.6 Å². The highest BCUT2D eigenvalue weighted by Crippen LogP contribution is 2.40. The number of hydrogen-bond donors (Lipinski definition) is 3. The maximum Gasteiger partial charge on any atom is 0.410 e. The van der Waals surface area contributed by atoms with Crippen LogP contribution >= 0.6 is 11.6 Å². The summed E-state index contributed by atoms with van der Waals surface area (Å²) in [5, 5.41) is 3.33. The largest absolute Gasteiger partial charge is 0.444 e. The van der Waals surface area contributed by atoms with Gasteiger partial charge < -0.3 is 30.6 Å². The van der Waals surface area contributed by atoms with E-state index in [-0.39, 0.29) is 28.9 Å². The Balaban J connectivity index is 1.51. The van der Waals surface area contributed by atoms with E-state index in [1.807, 2.05) is 51.1 Å². The Hall–Kier alpha value is -3.20. The molecule has 4 amide bonds. The van der Waals surface area contributed by atoms with Gasteiger partial charge in [0.05, 0.1) is 11.6 Å². The number of carbonyl (C=O) groups excluding carboxylic acids is 3. The number of piperidine rings is 1. The molecule has 3 heterocycles. The number of ether oxygens (including phenoxy) is 1. The van der Waals surface area contributed by atoms with E-state index in [2.05, 4.69) is 10.3 Å². The molecule has 4 rings (SSSR count). The highest BCUT2D eigenvalue weighted by molar-refractivity contribution is 6.33. The average Bonchev–Trinajstić information content (AvgIpc) is 3.14. The molecule has 1 aromatic carbocycles. The number of likely N-dealkylation sites (tertiary alicyclic amines) is 1. The molecule has 1 fully saturated rings. The van der Waals surface area contributed by atoms with Crippen LogP contribution in [0.2, 0.25) is 5.15 Å². The summed E-state index contributed by atoms with van der Waals surface area (Å²) >= 11 is 6.33. The van der Waals surface area contributed by atoms with Crippen LogP contribution in [-0.2, 0) is 11.2 Å². The van der Waals surface area contributed by atoms with Gasteiger partial charge in [0.2, 0.25) is 0 Å². The lowest BCUT2D eigenvalue weighted by Crippen LogP contribution is -2.52. The zero-order chi connectivity index (χ0) is 25.3. The maximum absolute atomic E-state index is 13.5. The summed E-state index contributed by atoms with van der Waals surface area (Å²) in [6, 6.07) is 8.71. The molecule has 2 aliphatic heterocycles. The number of nitrogens with two attached hydrogens (primary N) is 1. The highest BCUT2D eigenvalue weighted by Gasteiger charge is 2.38. The number of H-pyrrole nitrogens is 1. The minimum absolute atomic E-state index is 0.0792. The van der Waals surface area contributed by atoms with Crippen LogP contribution < -0.4 is 11.1 Å². The van der Waals surface area contributed by atoms with Crippen LogP contribution in [0.1, 0.15) is 66.8 Å². The number of fused-ring (bicyclic) bond motifs is 1. The summed E-state index contributed by atoms with van der Waals surface area (Å²) in [5.74, 6) is -0.634. The first-order chi connectivity index (χ1) is 16.5. The number of benzene rings is 1. The lowest BCUT2D eigenvalue weighted by molar-refractivity contribution is 0.0200. The zero-order valence-electron chi connectivity index (χ0n) is 20.3. The first-order valence-electron chi connectivity index (χ1n) is 11.8. The number of aromatic amines is 1. The Morgan fingerprint density at radius 2 is 1.77 bits per heavy atom. The molecule has 0 radical (unpaired) electrons. The molecule has 188 valence electrons. The number of rotatable bonds is 3. The fourth-order valence-electron chi connectivity index (χ4n) is 4.78. The first kappa shape index (κ1) is 24.9. The number of halogens is 1. The van der Waals surface area contributed by atoms with Crippen molar-refractivity contribution < 1.29 is 19.1 Å². The standard InChI is InChI=1S/C25H32ClN5O4/c1-25(2,3)35-24(34)30-12-9-16(10-13-30)28-23(33)31-14-11-17-18(19(22(27)32)21(26)29-17)20(31)15-7-5-4-6-8-15/h4-8,16,20,29H,9-14H2,1-3H3,(H2,27,32)(H,28,33). The molecule has 2 aromatic rings. The molecule has 1 saturated heterocycles. The molecule has 10 heteroatoms. The van der Waals surface area contributed by atoms with Crippen LogP contribution in [0.25, 0.3) is 0 Å². The van der Waals surface area contributed by atoms with E-state index in [0.29, 0.717) is 44.5 Å². The lowest BCUT2D eigenvalue weighted by Gasteiger charge is -2.39. The van der Waals surface area contributed by atoms with Gasteiger partial charge in [-0.1, -0.05) is 41.9 Å². The number of primary amides is 1. The quantitative estimate of drug-likeness (QED) is 0.591. The van der Waals surface area contributed by atoms with Crippen molar-refractivity contribution in [2.45, 2.75) is 57.7 Å². The van der Waals surface area contributed by atoms with Gasteiger partial charge in [-0.3, -0.25) is 4.79 Å². The van der Waals surface area contributed by atoms with Crippen molar-refractivity contribution in [3.05, 3.63) is 57.9 Å². The van der Waals surface area contributed by atoms with Gasteiger partial charge in [-0.2, -0.15) is 0 Å². The molecule has 35 heavy (non-hydrogen) atoms. The van der Waals surface area contributed by atoms with E-state index < -0.39 is 17.6 Å². The van der Waals surface area contributed by atoms with Gasteiger partial charge >= 0.3 is 12.1 Å². The minimum Gasteiger partial charge on any atom is -0.444 e. The second-order valence-electron chi connectivity index (χ2n) is 10.0. The average molecular weight is 502 g/mol. The van der Waals surface area contributed by atoms with Gasteiger partial charge in [-0.05, 0) is 39.2 Å². The van der Waals surface area contributed by atoms with Gasteiger partial charge in [0.15, 0.2) is 0 Å². The number of aromatic nitrogens is 1. The highest BCUT2D eigenvalue weighted by atomic mass is 35.5. The SMILES string of the molecule is CC(C)(C)OC(=O)N1CCC(NC(=O)N2CCc3[nH]c(Cl)c(C(N)=O)c3C2c2ccccc2)CC1. The fourth-order valence-corrected chi connectivity index (χ4v) is 5.09. The van der Waals surface area contributed by atoms with Gasteiger partial charge in [0.25, 0.3) is 5.91 Å². The van der Waals surface area contributed by atoms with Gasteiger partial charge in [0, 0.05) is 43.4 Å². The summed E-state index contributed by atoms with van der Waals surface area (Å²) in [5.41, 5.74) is 7.66. The number of urea groups is 1. The van der Waals surface area contributed by atoms with Gasteiger partial charge in [-0.25, -0.2) is 9.59 Å². The summed E-state index contributed by atoms with van der Waals surface area (Å²) in [4.78, 5) is 44.6. The topological polar surface area (TPSA) is 121 Å². The zero-order valence-corrected chi connectivity index (χ0v) is 21.0. The third-order valence-electron chi connectivity index (χ3n) is 6.36. The summed E-state index contributed by atoms with van der Waals surface area (Å²) in [6.07, 6.45) is 1.44. The fraction of sp³-hybridized carbons (Fsp3) is 0.480. The van der Waals surface area contributed by atoms with Crippen LogP contribution in [0.5, 0.6) is 0 Å². The van der Waals surface area contributed by atoms with Crippen LogP contribution in [0, 0.1) is 0 Å². The van der Waals surface area contributed by atoms with Crippen molar-refractivity contribution in [2.75, 3.05) is 19.6 Å². The van der Waals surface area contributed by atoms with Crippen LogP contribution in [0.3, 0.4) is 0 Å². The van der Waals surface area contributed by atoms with Gasteiger partial charge in [0.1, 0.15) is 10.8 Å². The number of nitrogens with zero attached hydrogens (tertiary/aromatic N) is 2. The molecule has 9 nitrogen and oxygen atoms in total. The normalized spacial score (nSPS) is 18.7. The van der Waals surface area contributed by atoms with Crippen LogP contribution in [-0.4, -0.2) is 64.1 Å². The molecule has 0 aliphatic carbocycles. The predicted molar refractivity (Wildman–Crippen MR) is 132 cm³/mol. The Labute approximate surface area is 209 Å². The summed E-state index contributed by atoms with van der Waals surface area (Å²) in [7, 11) is 0. The number of hydrogen-bond acceptors (Lipinski definition) is 4. The van der Waals surface area contributed by atoms with Crippen LogP contribution in [0.15, 0.2) is 30.3 Å². The van der Waals surface area contributed by atoms with Crippen molar-refractivity contribution in [1.82, 2.24) is 20.1 Å². The van der Waals surface area contributed by atoms with E-state index in [1.165, 1.54) is 0 Å². The van der Waals surface area contributed by atoms with Gasteiger partial charge in [-0.15, -0.1) is 0 Å². The van der Waals surface area contributed by atoms with E-state index >= 15 is 0 Å². The first-order valence-corrected chi connectivity index (χ1v) is 12.2. The Morgan fingerprint density at radius 1 is 1.11 bits per heavy atom. The Kier molecular flexibility index (Phi) is 6.98. The Bertz CT molecular complexity index is 1100. The molecule has 4 N–H and O–H groups in total. The molecular formula is C25H32ClN5O4. The van der Waals surface area contributed by atoms with Crippen molar-refractivity contribution in [1.29, 1.82) is 0 Å². The second-order valence-corrected chi connectivity index (χ2v) is 10.4. The third-order valence-corrected chi connectivity index (χ3v) is 6.64. The van der Waals surface area contributed by atoms with E-state index in [0.717, 1.165) is 11.3 Å². The third kappa shape index (κ3) is 5.40. The number of carbonyl (C=O) groups is 3. The second kappa shape index (κ2) is 9.81. The van der Waals surface area contributed by atoms with Crippen molar-refractivity contribution in [3.63, 3.8) is 0 Å². The molecule has 0 spiro atoms. The molecule has 1 unspecified atom stereocenters. The molecule has 0 bridgehead atoms. The van der Waals surface area contributed by atoms with Crippen molar-refractivity contribution in [2.24, 2.45) is 5.73 Å². The minimum atomic E-state index is -0.634. The van der Waals surface area contributed by atoms with E-state index in [9.17, 15) is 14.4 Å². The smallest absolute Gasteiger partial charge is 0.410 e. The molecule has 1 aromatic heterocycles. The number of amides is 4.